The number of fused-ring (bicyclic) bond motifs is 2. The van der Waals surface area contributed by atoms with E-state index < -0.39 is 0 Å². The van der Waals surface area contributed by atoms with Crippen LogP contribution in [0, 0.1) is 13.8 Å². The van der Waals surface area contributed by atoms with Gasteiger partial charge >= 0.3 is 0 Å². The van der Waals surface area contributed by atoms with Gasteiger partial charge in [-0.2, -0.15) is 0 Å². The molecule has 1 aromatic heterocycles. The standard InChI is InChI=1S/C13H19N3/c1-9-8-14-13(15-10(9)2)16-11-4-3-5-12(16)7-6-11/h8,11-12H,3-7H2,1-2H3. The van der Waals surface area contributed by atoms with Crippen LogP contribution in [-0.4, -0.2) is 22.1 Å². The van der Waals surface area contributed by atoms with Crippen molar-refractivity contribution in [3.63, 3.8) is 0 Å². The van der Waals surface area contributed by atoms with E-state index in [1.165, 1.54) is 37.7 Å². The molecule has 0 aliphatic carbocycles. The van der Waals surface area contributed by atoms with E-state index in [9.17, 15) is 0 Å². The third-order valence-electron chi connectivity index (χ3n) is 4.14. The van der Waals surface area contributed by atoms with E-state index in [-0.39, 0.29) is 0 Å². The maximum atomic E-state index is 4.65. The Morgan fingerprint density at radius 2 is 1.81 bits per heavy atom. The summed E-state index contributed by atoms with van der Waals surface area (Å²) >= 11 is 0. The zero-order valence-electron chi connectivity index (χ0n) is 10.1. The minimum absolute atomic E-state index is 0.709. The summed E-state index contributed by atoms with van der Waals surface area (Å²) in [4.78, 5) is 11.7. The van der Waals surface area contributed by atoms with E-state index in [0.29, 0.717) is 12.1 Å². The van der Waals surface area contributed by atoms with Crippen LogP contribution in [0.5, 0.6) is 0 Å². The van der Waals surface area contributed by atoms with Gasteiger partial charge in [-0.3, -0.25) is 0 Å². The maximum Gasteiger partial charge on any atom is 0.226 e. The molecule has 3 heterocycles. The number of aryl methyl sites for hydroxylation is 2. The highest BCUT2D eigenvalue weighted by Crippen LogP contribution is 2.37. The van der Waals surface area contributed by atoms with Crippen molar-refractivity contribution in [2.75, 3.05) is 4.90 Å². The van der Waals surface area contributed by atoms with Crippen molar-refractivity contribution in [2.24, 2.45) is 0 Å². The van der Waals surface area contributed by atoms with E-state index in [4.69, 9.17) is 0 Å². The predicted octanol–water partition coefficient (Wildman–Crippen LogP) is 2.61. The summed E-state index contributed by atoms with van der Waals surface area (Å²) in [6.07, 6.45) is 8.67. The Labute approximate surface area is 96.9 Å². The van der Waals surface area contributed by atoms with Crippen LogP contribution in [0.4, 0.5) is 5.95 Å². The smallest absolute Gasteiger partial charge is 0.226 e. The van der Waals surface area contributed by atoms with Gasteiger partial charge in [0, 0.05) is 24.0 Å². The number of hydrogen-bond donors (Lipinski definition) is 0. The number of anilines is 1. The first-order chi connectivity index (χ1) is 7.75. The van der Waals surface area contributed by atoms with Gasteiger partial charge in [-0.05, 0) is 51.5 Å². The lowest BCUT2D eigenvalue weighted by Crippen LogP contribution is -2.40. The van der Waals surface area contributed by atoms with Gasteiger partial charge in [0.2, 0.25) is 5.95 Å². The molecular weight excluding hydrogens is 198 g/mol. The Morgan fingerprint density at radius 1 is 1.12 bits per heavy atom. The highest BCUT2D eigenvalue weighted by molar-refractivity contribution is 5.38. The largest absolute Gasteiger partial charge is 0.335 e. The fourth-order valence-electron chi connectivity index (χ4n) is 3.08. The van der Waals surface area contributed by atoms with Crippen LogP contribution in [0.1, 0.15) is 43.4 Å². The molecule has 0 saturated carbocycles. The molecule has 0 N–H and O–H groups in total. The lowest BCUT2D eigenvalue weighted by molar-refractivity contribution is 0.460. The van der Waals surface area contributed by atoms with Crippen molar-refractivity contribution >= 4 is 5.95 Å². The van der Waals surface area contributed by atoms with E-state index in [2.05, 4.69) is 28.7 Å². The first-order valence-corrected chi connectivity index (χ1v) is 6.34. The molecule has 1 aromatic rings. The lowest BCUT2D eigenvalue weighted by atomic mass is 10.0. The lowest BCUT2D eigenvalue weighted by Gasteiger charge is -2.34. The summed E-state index contributed by atoms with van der Waals surface area (Å²) < 4.78 is 0. The van der Waals surface area contributed by atoms with Gasteiger partial charge < -0.3 is 4.90 Å². The molecule has 2 atom stereocenters. The molecule has 2 bridgehead atoms. The summed E-state index contributed by atoms with van der Waals surface area (Å²) in [7, 11) is 0. The van der Waals surface area contributed by atoms with Gasteiger partial charge in [0.1, 0.15) is 0 Å². The van der Waals surface area contributed by atoms with Gasteiger partial charge in [-0.1, -0.05) is 0 Å². The fourth-order valence-corrected chi connectivity index (χ4v) is 3.08. The minimum atomic E-state index is 0.709. The Hall–Kier alpha value is -1.12. The molecule has 0 radical (unpaired) electrons. The minimum Gasteiger partial charge on any atom is -0.335 e. The summed E-state index contributed by atoms with van der Waals surface area (Å²) in [5.74, 6) is 0.968. The quantitative estimate of drug-likeness (QED) is 0.724. The average Bonchev–Trinajstić information content (AvgIpc) is 2.53. The fraction of sp³-hybridized carbons (Fsp3) is 0.692. The summed E-state index contributed by atoms with van der Waals surface area (Å²) in [5, 5.41) is 0. The predicted molar refractivity (Wildman–Crippen MR) is 64.6 cm³/mol. The zero-order chi connectivity index (χ0) is 11.1. The number of nitrogens with zero attached hydrogens (tertiary/aromatic N) is 3. The van der Waals surface area contributed by atoms with Crippen molar-refractivity contribution in [1.82, 2.24) is 9.97 Å². The van der Waals surface area contributed by atoms with Crippen LogP contribution < -0.4 is 4.90 Å². The van der Waals surface area contributed by atoms with Crippen LogP contribution in [0.15, 0.2) is 6.20 Å². The molecule has 2 saturated heterocycles. The Kier molecular flexibility index (Phi) is 2.34. The van der Waals surface area contributed by atoms with E-state index in [1.54, 1.807) is 0 Å². The van der Waals surface area contributed by atoms with E-state index in [1.807, 2.05) is 6.20 Å². The Morgan fingerprint density at radius 3 is 2.44 bits per heavy atom. The zero-order valence-corrected chi connectivity index (χ0v) is 10.1. The second-order valence-corrected chi connectivity index (χ2v) is 5.16. The first-order valence-electron chi connectivity index (χ1n) is 6.34. The van der Waals surface area contributed by atoms with Crippen LogP contribution in [0.2, 0.25) is 0 Å². The molecule has 16 heavy (non-hydrogen) atoms. The first kappa shape index (κ1) is 10.1. The molecular formula is C13H19N3. The Balaban J connectivity index is 1.94. The Bertz CT molecular complexity index is 386. The monoisotopic (exact) mass is 217 g/mol. The van der Waals surface area contributed by atoms with Gasteiger partial charge in [0.05, 0.1) is 0 Å². The van der Waals surface area contributed by atoms with Gasteiger partial charge in [0.15, 0.2) is 0 Å². The van der Waals surface area contributed by atoms with Crippen molar-refractivity contribution < 1.29 is 0 Å². The molecule has 3 heteroatoms. The molecule has 0 spiro atoms. The van der Waals surface area contributed by atoms with Crippen LogP contribution in [0.25, 0.3) is 0 Å². The van der Waals surface area contributed by atoms with Gasteiger partial charge in [-0.15, -0.1) is 0 Å². The molecule has 86 valence electrons. The van der Waals surface area contributed by atoms with Crippen molar-refractivity contribution in [3.8, 4) is 0 Å². The van der Waals surface area contributed by atoms with E-state index in [0.717, 1.165) is 11.6 Å². The molecule has 2 aliphatic rings. The molecule has 0 aromatic carbocycles. The SMILES string of the molecule is Cc1cnc(N2C3CCCC2CC3)nc1C. The van der Waals surface area contributed by atoms with Crippen LogP contribution >= 0.6 is 0 Å². The summed E-state index contributed by atoms with van der Waals surface area (Å²) in [6.45, 7) is 4.15. The molecule has 0 amide bonds. The van der Waals surface area contributed by atoms with Crippen molar-refractivity contribution in [2.45, 2.75) is 58.0 Å². The molecule has 2 aliphatic heterocycles. The molecule has 3 nitrogen and oxygen atoms in total. The van der Waals surface area contributed by atoms with Gasteiger partial charge in [0.25, 0.3) is 0 Å². The molecule has 2 fully saturated rings. The average molecular weight is 217 g/mol. The number of piperidine rings is 1. The van der Waals surface area contributed by atoms with Crippen LogP contribution in [0.3, 0.4) is 0 Å². The summed E-state index contributed by atoms with van der Waals surface area (Å²) in [6, 6.07) is 1.42. The van der Waals surface area contributed by atoms with Crippen LogP contribution in [-0.2, 0) is 0 Å². The number of rotatable bonds is 1. The third kappa shape index (κ3) is 1.49. The van der Waals surface area contributed by atoms with E-state index >= 15 is 0 Å². The second kappa shape index (κ2) is 3.72. The normalized spacial score (nSPS) is 28.5. The highest BCUT2D eigenvalue weighted by atomic mass is 15.3. The van der Waals surface area contributed by atoms with Crippen molar-refractivity contribution in [3.05, 3.63) is 17.5 Å². The topological polar surface area (TPSA) is 29.0 Å². The second-order valence-electron chi connectivity index (χ2n) is 5.16. The van der Waals surface area contributed by atoms with Gasteiger partial charge in [-0.25, -0.2) is 9.97 Å². The molecule has 3 rings (SSSR count). The highest BCUT2D eigenvalue weighted by Gasteiger charge is 2.37. The third-order valence-corrected chi connectivity index (χ3v) is 4.14. The maximum absolute atomic E-state index is 4.65. The molecule has 2 unspecified atom stereocenters. The summed E-state index contributed by atoms with van der Waals surface area (Å²) in [5.41, 5.74) is 2.31. The number of hydrogen-bond acceptors (Lipinski definition) is 3. The number of aromatic nitrogens is 2. The van der Waals surface area contributed by atoms with Crippen molar-refractivity contribution in [1.29, 1.82) is 0 Å².